The average Bonchev–Trinajstić information content (AvgIpc) is 2.38. The molecule has 6 nitrogen and oxygen atoms in total. The molecule has 1 aromatic carbocycles. The summed E-state index contributed by atoms with van der Waals surface area (Å²) in [4.78, 5) is 22.2. The predicted molar refractivity (Wildman–Crippen MR) is 67.5 cm³/mol. The van der Waals surface area contributed by atoms with Crippen molar-refractivity contribution in [1.82, 2.24) is 0 Å². The summed E-state index contributed by atoms with van der Waals surface area (Å²) in [5.74, 6) is -3.50. The van der Waals surface area contributed by atoms with E-state index in [0.29, 0.717) is 0 Å². The number of benzene rings is 1. The molecule has 19 heavy (non-hydrogen) atoms. The number of carboxylic acid groups (broad SMARTS) is 2. The van der Waals surface area contributed by atoms with E-state index >= 15 is 0 Å². The molecule has 0 radical (unpaired) electrons. The monoisotopic (exact) mass is 267 g/mol. The minimum Gasteiger partial charge on any atom is -0.481 e. The molecule has 0 saturated heterocycles. The Morgan fingerprint density at radius 3 is 2.21 bits per heavy atom. The molecule has 5 N–H and O–H groups in total. The quantitative estimate of drug-likeness (QED) is 0.555. The van der Waals surface area contributed by atoms with E-state index in [-0.39, 0.29) is 12.8 Å². The van der Waals surface area contributed by atoms with Crippen molar-refractivity contribution in [2.45, 2.75) is 18.4 Å². The normalized spacial score (nSPS) is 15.5. The smallest absolute Gasteiger partial charge is 0.326 e. The zero-order valence-corrected chi connectivity index (χ0v) is 10.3. The van der Waals surface area contributed by atoms with Gasteiger partial charge in [0.1, 0.15) is 5.54 Å². The fourth-order valence-corrected chi connectivity index (χ4v) is 1.80. The maximum Gasteiger partial charge on any atom is 0.326 e. The highest BCUT2D eigenvalue weighted by Crippen LogP contribution is 2.20. The number of carboxylic acids is 2. The summed E-state index contributed by atoms with van der Waals surface area (Å²) in [6, 6.07) is 8.86. The van der Waals surface area contributed by atoms with Gasteiger partial charge in [-0.1, -0.05) is 30.3 Å². The first-order valence-electron chi connectivity index (χ1n) is 5.79. The standard InChI is InChI=1S/C13H17NO5/c14-13(8-15,12(18)19)7-10(11(16)17)6-9-4-2-1-3-5-9/h1-5,10,15H,6-8,14H2,(H,16,17)(H,18,19)/t10-,13-/m1/s1. The van der Waals surface area contributed by atoms with Gasteiger partial charge in [0, 0.05) is 0 Å². The first-order chi connectivity index (χ1) is 8.89. The molecule has 1 rings (SSSR count). The summed E-state index contributed by atoms with van der Waals surface area (Å²) >= 11 is 0. The summed E-state index contributed by atoms with van der Waals surface area (Å²) in [6.45, 7) is -0.805. The zero-order chi connectivity index (χ0) is 14.5. The van der Waals surface area contributed by atoms with Crippen molar-refractivity contribution in [2.24, 2.45) is 11.7 Å². The van der Waals surface area contributed by atoms with Crippen LogP contribution in [0.5, 0.6) is 0 Å². The summed E-state index contributed by atoms with van der Waals surface area (Å²) in [7, 11) is 0. The zero-order valence-electron chi connectivity index (χ0n) is 10.3. The predicted octanol–water partition coefficient (Wildman–Crippen LogP) is 0.0944. The lowest BCUT2D eigenvalue weighted by Gasteiger charge is -2.25. The highest BCUT2D eigenvalue weighted by atomic mass is 16.4. The molecule has 0 saturated carbocycles. The van der Waals surface area contributed by atoms with Crippen molar-refractivity contribution in [3.05, 3.63) is 35.9 Å². The number of hydrogen-bond acceptors (Lipinski definition) is 4. The van der Waals surface area contributed by atoms with E-state index in [1.807, 2.05) is 0 Å². The van der Waals surface area contributed by atoms with Gasteiger partial charge in [-0.05, 0) is 18.4 Å². The van der Waals surface area contributed by atoms with Crippen molar-refractivity contribution in [3.63, 3.8) is 0 Å². The van der Waals surface area contributed by atoms with E-state index in [9.17, 15) is 9.59 Å². The van der Waals surface area contributed by atoms with Gasteiger partial charge in [-0.3, -0.25) is 9.59 Å². The van der Waals surface area contributed by atoms with Gasteiger partial charge in [-0.25, -0.2) is 0 Å². The number of carbonyl (C=O) groups is 2. The third kappa shape index (κ3) is 4.04. The van der Waals surface area contributed by atoms with Gasteiger partial charge >= 0.3 is 11.9 Å². The Balaban J connectivity index is 2.85. The van der Waals surface area contributed by atoms with E-state index in [4.69, 9.17) is 21.1 Å². The van der Waals surface area contributed by atoms with Crippen LogP contribution in [0.3, 0.4) is 0 Å². The first-order valence-corrected chi connectivity index (χ1v) is 5.79. The van der Waals surface area contributed by atoms with Crippen molar-refractivity contribution in [2.75, 3.05) is 6.61 Å². The molecule has 1 aromatic rings. The maximum atomic E-state index is 11.2. The van der Waals surface area contributed by atoms with Crippen molar-refractivity contribution >= 4 is 11.9 Å². The molecule has 6 heteroatoms. The van der Waals surface area contributed by atoms with Crippen LogP contribution in [0.15, 0.2) is 30.3 Å². The van der Waals surface area contributed by atoms with E-state index in [2.05, 4.69) is 0 Å². The van der Waals surface area contributed by atoms with Crippen LogP contribution in [0.2, 0.25) is 0 Å². The van der Waals surface area contributed by atoms with Gasteiger partial charge in [0.2, 0.25) is 0 Å². The second-order valence-corrected chi connectivity index (χ2v) is 4.55. The number of aliphatic carboxylic acids is 2. The lowest BCUT2D eigenvalue weighted by molar-refractivity contribution is -0.148. The molecule has 0 aromatic heterocycles. The molecule has 0 aliphatic heterocycles. The molecular formula is C13H17NO5. The maximum absolute atomic E-state index is 11.2. The van der Waals surface area contributed by atoms with Crippen LogP contribution in [0.25, 0.3) is 0 Å². The lowest BCUT2D eigenvalue weighted by Crippen LogP contribution is -2.53. The Labute approximate surface area is 110 Å². The molecule has 0 unspecified atom stereocenters. The van der Waals surface area contributed by atoms with Crippen LogP contribution in [-0.4, -0.2) is 39.4 Å². The Morgan fingerprint density at radius 2 is 1.79 bits per heavy atom. The molecular weight excluding hydrogens is 250 g/mol. The number of aliphatic hydroxyl groups excluding tert-OH is 1. The Kier molecular flexibility index (Phi) is 5.02. The molecule has 0 spiro atoms. The molecule has 0 heterocycles. The molecule has 0 aliphatic rings. The van der Waals surface area contributed by atoms with Crippen molar-refractivity contribution in [3.8, 4) is 0 Å². The molecule has 0 aliphatic carbocycles. The van der Waals surface area contributed by atoms with Crippen LogP contribution in [-0.2, 0) is 16.0 Å². The topological polar surface area (TPSA) is 121 Å². The second-order valence-electron chi connectivity index (χ2n) is 4.55. The van der Waals surface area contributed by atoms with Gasteiger partial charge in [0.15, 0.2) is 0 Å². The third-order valence-corrected chi connectivity index (χ3v) is 2.99. The summed E-state index contributed by atoms with van der Waals surface area (Å²) in [5, 5.41) is 27.2. The molecule has 0 bridgehead atoms. The molecule has 2 atom stereocenters. The second kappa shape index (κ2) is 6.31. The Morgan fingerprint density at radius 1 is 1.21 bits per heavy atom. The largest absolute Gasteiger partial charge is 0.481 e. The van der Waals surface area contributed by atoms with Crippen LogP contribution >= 0.6 is 0 Å². The first kappa shape index (κ1) is 15.1. The number of nitrogens with two attached hydrogens (primary N) is 1. The Hall–Kier alpha value is -1.92. The van der Waals surface area contributed by atoms with Crippen molar-refractivity contribution in [1.29, 1.82) is 0 Å². The van der Waals surface area contributed by atoms with E-state index in [0.717, 1.165) is 5.56 Å². The SMILES string of the molecule is N[C@@](CO)(C[C@@H](Cc1ccccc1)C(=O)O)C(=O)O. The highest BCUT2D eigenvalue weighted by Gasteiger charge is 2.38. The van der Waals surface area contributed by atoms with E-state index in [1.165, 1.54) is 0 Å². The van der Waals surface area contributed by atoms with Crippen LogP contribution in [0.4, 0.5) is 0 Å². The summed E-state index contributed by atoms with van der Waals surface area (Å²) in [6.07, 6.45) is -0.161. The van der Waals surface area contributed by atoms with Gasteiger partial charge in [0.25, 0.3) is 0 Å². The van der Waals surface area contributed by atoms with Crippen LogP contribution in [0, 0.1) is 5.92 Å². The lowest BCUT2D eigenvalue weighted by atomic mass is 9.85. The van der Waals surface area contributed by atoms with Crippen LogP contribution in [0.1, 0.15) is 12.0 Å². The van der Waals surface area contributed by atoms with Gasteiger partial charge < -0.3 is 21.1 Å². The molecule has 0 amide bonds. The van der Waals surface area contributed by atoms with E-state index in [1.54, 1.807) is 30.3 Å². The summed E-state index contributed by atoms with van der Waals surface area (Å²) in [5.41, 5.74) is 4.37. The fourth-order valence-electron chi connectivity index (χ4n) is 1.80. The van der Waals surface area contributed by atoms with Gasteiger partial charge in [0.05, 0.1) is 12.5 Å². The minimum absolute atomic E-state index is 0.169. The van der Waals surface area contributed by atoms with E-state index < -0.39 is 30.0 Å². The third-order valence-electron chi connectivity index (χ3n) is 2.99. The molecule has 0 fully saturated rings. The highest BCUT2D eigenvalue weighted by molar-refractivity contribution is 5.80. The van der Waals surface area contributed by atoms with Gasteiger partial charge in [-0.2, -0.15) is 0 Å². The number of hydrogen-bond donors (Lipinski definition) is 4. The number of aliphatic hydroxyl groups is 1. The Bertz CT molecular complexity index is 448. The molecule has 104 valence electrons. The number of rotatable bonds is 7. The summed E-state index contributed by atoms with van der Waals surface area (Å²) < 4.78 is 0. The van der Waals surface area contributed by atoms with Crippen molar-refractivity contribution < 1.29 is 24.9 Å². The van der Waals surface area contributed by atoms with Gasteiger partial charge in [-0.15, -0.1) is 0 Å². The van der Waals surface area contributed by atoms with Crippen LogP contribution < -0.4 is 5.73 Å². The minimum atomic E-state index is -1.93. The average molecular weight is 267 g/mol. The fraction of sp³-hybridized carbons (Fsp3) is 0.385.